The summed E-state index contributed by atoms with van der Waals surface area (Å²) in [5, 5.41) is 2.33. The molecule has 3 nitrogen and oxygen atoms in total. The number of nitrogens with two attached hydrogens (primary N) is 1. The zero-order valence-electron chi connectivity index (χ0n) is 9.47. The van der Waals surface area contributed by atoms with Gasteiger partial charge in [0.05, 0.1) is 21.1 Å². The van der Waals surface area contributed by atoms with Crippen LogP contribution in [-0.4, -0.2) is 10.9 Å². The molecule has 1 atom stereocenters. The molecule has 0 aliphatic carbocycles. The zero-order valence-corrected chi connectivity index (χ0v) is 11.9. The van der Waals surface area contributed by atoms with Gasteiger partial charge in [-0.25, -0.2) is 8.78 Å². The van der Waals surface area contributed by atoms with Crippen molar-refractivity contribution in [2.45, 2.75) is 13.3 Å². The second-order valence-corrected chi connectivity index (χ2v) is 4.92. The van der Waals surface area contributed by atoms with Gasteiger partial charge in [0.1, 0.15) is 11.6 Å². The van der Waals surface area contributed by atoms with Gasteiger partial charge in [0.15, 0.2) is 0 Å². The molecule has 1 aromatic rings. The van der Waals surface area contributed by atoms with Crippen LogP contribution in [0.2, 0.25) is 0 Å². The Hall–Kier alpha value is -1.08. The van der Waals surface area contributed by atoms with Crippen LogP contribution in [0.4, 0.5) is 14.5 Å². The Morgan fingerprint density at radius 1 is 1.50 bits per heavy atom. The zero-order chi connectivity index (χ0) is 13.9. The number of amides is 1. The molecule has 0 aromatic heterocycles. The molecule has 0 heterocycles. The van der Waals surface area contributed by atoms with Crippen LogP contribution < -0.4 is 11.1 Å². The maximum atomic E-state index is 13.4. The van der Waals surface area contributed by atoms with Gasteiger partial charge in [-0.3, -0.25) is 4.79 Å². The highest BCUT2D eigenvalue weighted by Crippen LogP contribution is 2.24. The summed E-state index contributed by atoms with van der Waals surface area (Å²) in [5.41, 5.74) is 5.28. The van der Waals surface area contributed by atoms with Crippen LogP contribution in [0.5, 0.6) is 0 Å². The Balaban J connectivity index is 2.94. The third-order valence-electron chi connectivity index (χ3n) is 2.34. The van der Waals surface area contributed by atoms with E-state index in [-0.39, 0.29) is 15.1 Å². The van der Waals surface area contributed by atoms with Gasteiger partial charge in [-0.1, -0.05) is 19.1 Å². The van der Waals surface area contributed by atoms with Crippen LogP contribution in [0.25, 0.3) is 0 Å². The number of nitrogens with one attached hydrogen (secondary N) is 1. The molecule has 1 unspecified atom stereocenters. The normalized spacial score (nSPS) is 12.0. The van der Waals surface area contributed by atoms with Gasteiger partial charge in [0, 0.05) is 6.07 Å². The van der Waals surface area contributed by atoms with E-state index in [0.717, 1.165) is 6.07 Å². The van der Waals surface area contributed by atoms with E-state index in [1.807, 2.05) is 0 Å². The van der Waals surface area contributed by atoms with Crippen LogP contribution in [0.3, 0.4) is 0 Å². The van der Waals surface area contributed by atoms with Gasteiger partial charge in [-0.2, -0.15) is 0 Å². The largest absolute Gasteiger partial charge is 0.393 e. The van der Waals surface area contributed by atoms with E-state index in [2.05, 4.69) is 21.2 Å². The number of halogens is 3. The minimum absolute atomic E-state index is 0.0385. The number of carbonyl (C=O) groups is 1. The van der Waals surface area contributed by atoms with Gasteiger partial charge in [0.2, 0.25) is 5.91 Å². The van der Waals surface area contributed by atoms with E-state index in [9.17, 15) is 13.6 Å². The molecule has 0 aliphatic heterocycles. The minimum atomic E-state index is -0.859. The number of anilines is 1. The highest BCUT2D eigenvalue weighted by Gasteiger charge is 2.21. The van der Waals surface area contributed by atoms with Gasteiger partial charge >= 0.3 is 0 Å². The summed E-state index contributed by atoms with van der Waals surface area (Å²) in [6.07, 6.45) is 0.408. The lowest BCUT2D eigenvalue weighted by atomic mass is 10.1. The van der Waals surface area contributed by atoms with Gasteiger partial charge in [-0.05, 0) is 28.4 Å². The molecule has 1 aromatic carbocycles. The molecule has 18 heavy (non-hydrogen) atoms. The topological polar surface area (TPSA) is 55.1 Å². The lowest BCUT2D eigenvalue weighted by Gasteiger charge is -2.14. The predicted molar refractivity (Wildman–Crippen MR) is 73.3 cm³/mol. The first-order valence-electron chi connectivity index (χ1n) is 5.11. The summed E-state index contributed by atoms with van der Waals surface area (Å²) >= 11 is 7.65. The van der Waals surface area contributed by atoms with Crippen molar-refractivity contribution < 1.29 is 13.6 Å². The molecule has 0 spiro atoms. The summed E-state index contributed by atoms with van der Waals surface area (Å²) in [5.74, 6) is -2.79. The molecule has 0 aliphatic rings. The van der Waals surface area contributed by atoms with Crippen molar-refractivity contribution in [1.29, 1.82) is 0 Å². The van der Waals surface area contributed by atoms with Crippen molar-refractivity contribution in [2.24, 2.45) is 11.7 Å². The van der Waals surface area contributed by atoms with E-state index >= 15 is 0 Å². The number of carbonyl (C=O) groups excluding carboxylic acids is 1. The third-order valence-corrected chi connectivity index (χ3v) is 3.23. The Bertz CT molecular complexity index is 496. The second kappa shape index (κ2) is 6.19. The van der Waals surface area contributed by atoms with Gasteiger partial charge in [0.25, 0.3) is 0 Å². The summed E-state index contributed by atoms with van der Waals surface area (Å²) in [6, 6.07) is 1.83. The van der Waals surface area contributed by atoms with Crippen molar-refractivity contribution in [3.05, 3.63) is 28.2 Å². The highest BCUT2D eigenvalue weighted by atomic mass is 79.9. The molecule has 1 amide bonds. The second-order valence-electron chi connectivity index (χ2n) is 3.60. The van der Waals surface area contributed by atoms with Crippen LogP contribution in [0.15, 0.2) is 16.6 Å². The third kappa shape index (κ3) is 3.46. The Morgan fingerprint density at radius 3 is 2.61 bits per heavy atom. The van der Waals surface area contributed by atoms with Gasteiger partial charge in [-0.15, -0.1) is 0 Å². The molecular formula is C11H11BrF2N2OS. The molecular weight excluding hydrogens is 326 g/mol. The molecule has 0 bridgehead atoms. The molecule has 1 rings (SSSR count). The first-order valence-corrected chi connectivity index (χ1v) is 6.31. The first kappa shape index (κ1) is 15.0. The maximum Gasteiger partial charge on any atom is 0.234 e. The van der Waals surface area contributed by atoms with Crippen molar-refractivity contribution in [2.75, 3.05) is 5.32 Å². The van der Waals surface area contributed by atoms with E-state index in [1.54, 1.807) is 6.92 Å². The van der Waals surface area contributed by atoms with Crippen molar-refractivity contribution >= 4 is 44.7 Å². The quantitative estimate of drug-likeness (QED) is 0.656. The molecule has 0 fully saturated rings. The molecule has 3 N–H and O–H groups in total. The van der Waals surface area contributed by atoms with Crippen molar-refractivity contribution in [1.82, 2.24) is 0 Å². The fourth-order valence-corrected chi connectivity index (χ4v) is 1.97. The molecule has 0 saturated carbocycles. The molecule has 0 radical (unpaired) electrons. The lowest BCUT2D eigenvalue weighted by Crippen LogP contribution is -2.32. The summed E-state index contributed by atoms with van der Waals surface area (Å²) in [7, 11) is 0. The molecule has 0 saturated heterocycles. The summed E-state index contributed by atoms with van der Waals surface area (Å²) in [6.45, 7) is 1.74. The lowest BCUT2D eigenvalue weighted by molar-refractivity contribution is -0.118. The van der Waals surface area contributed by atoms with Crippen LogP contribution in [0, 0.1) is 17.6 Å². The standard InChI is InChI=1S/C11H11BrF2N2OS/c1-2-5(10(15)18)11(17)16-9-3-6(12)7(13)4-8(9)14/h3-5H,2H2,1H3,(H2,15,18)(H,16,17). The maximum absolute atomic E-state index is 13.4. The smallest absolute Gasteiger partial charge is 0.234 e. The van der Waals surface area contributed by atoms with E-state index in [0.29, 0.717) is 12.5 Å². The number of benzene rings is 1. The molecule has 98 valence electrons. The summed E-state index contributed by atoms with van der Waals surface area (Å²) in [4.78, 5) is 11.8. The Kier molecular flexibility index (Phi) is 5.15. The average Bonchev–Trinajstić information content (AvgIpc) is 2.26. The average molecular weight is 337 g/mol. The van der Waals surface area contributed by atoms with E-state index in [1.165, 1.54) is 0 Å². The monoisotopic (exact) mass is 336 g/mol. The van der Waals surface area contributed by atoms with Crippen molar-refractivity contribution in [3.8, 4) is 0 Å². The van der Waals surface area contributed by atoms with Crippen LogP contribution in [0.1, 0.15) is 13.3 Å². The number of hydrogen-bond acceptors (Lipinski definition) is 2. The minimum Gasteiger partial charge on any atom is -0.393 e. The fourth-order valence-electron chi connectivity index (χ4n) is 1.35. The number of rotatable bonds is 4. The Morgan fingerprint density at radius 2 is 2.11 bits per heavy atom. The fraction of sp³-hybridized carbons (Fsp3) is 0.273. The van der Waals surface area contributed by atoms with E-state index in [4.69, 9.17) is 18.0 Å². The molecule has 7 heteroatoms. The SMILES string of the molecule is CCC(C(=O)Nc1cc(Br)c(F)cc1F)C(N)=S. The van der Waals surface area contributed by atoms with E-state index < -0.39 is 23.5 Å². The summed E-state index contributed by atoms with van der Waals surface area (Å²) < 4.78 is 26.5. The van der Waals surface area contributed by atoms with Crippen LogP contribution >= 0.6 is 28.1 Å². The highest BCUT2D eigenvalue weighted by molar-refractivity contribution is 9.10. The Labute approximate surface area is 117 Å². The predicted octanol–water partition coefficient (Wildman–Crippen LogP) is 2.98. The number of hydrogen-bond donors (Lipinski definition) is 2. The first-order chi connectivity index (χ1) is 8.36. The number of thiocarbonyl (C=S) groups is 1. The van der Waals surface area contributed by atoms with Crippen LogP contribution in [-0.2, 0) is 4.79 Å². The van der Waals surface area contributed by atoms with Gasteiger partial charge < -0.3 is 11.1 Å². The van der Waals surface area contributed by atoms with Crippen molar-refractivity contribution in [3.63, 3.8) is 0 Å².